The van der Waals surface area contributed by atoms with E-state index in [1.165, 1.54) is 0 Å². The Morgan fingerprint density at radius 1 is 1.00 bits per heavy atom. The lowest BCUT2D eigenvalue weighted by atomic mass is 10.2. The first-order chi connectivity index (χ1) is 9.34. The molecule has 0 heterocycles. The summed E-state index contributed by atoms with van der Waals surface area (Å²) in [7, 11) is 0. The fraction of sp³-hybridized carbons (Fsp3) is 1.00. The summed E-state index contributed by atoms with van der Waals surface area (Å²) >= 11 is 0. The maximum atomic E-state index is 12.1. The zero-order valence-electron chi connectivity index (χ0n) is 13.3. The van der Waals surface area contributed by atoms with Crippen LogP contribution in [0, 0.1) is 0 Å². The highest BCUT2D eigenvalue weighted by Crippen LogP contribution is 2.12. The van der Waals surface area contributed by atoms with Gasteiger partial charge in [0.25, 0.3) is 0 Å². The van der Waals surface area contributed by atoms with Gasteiger partial charge in [0.1, 0.15) is 0 Å². The Morgan fingerprint density at radius 2 is 1.60 bits per heavy atom. The van der Waals surface area contributed by atoms with E-state index in [4.69, 9.17) is 0 Å². The normalized spacial score (nSPS) is 14.2. The van der Waals surface area contributed by atoms with Gasteiger partial charge in [0.15, 0.2) is 0 Å². The van der Waals surface area contributed by atoms with E-state index in [9.17, 15) is 13.2 Å². The van der Waals surface area contributed by atoms with Crippen LogP contribution in [0.15, 0.2) is 0 Å². The molecular formula is C14H30F3N3. The Labute approximate surface area is 121 Å². The summed E-state index contributed by atoms with van der Waals surface area (Å²) in [6, 6.07) is 0.124. The first kappa shape index (κ1) is 19.7. The highest BCUT2D eigenvalue weighted by atomic mass is 19.4. The van der Waals surface area contributed by atoms with E-state index in [-0.39, 0.29) is 6.04 Å². The smallest absolute Gasteiger partial charge is 0.307 e. The van der Waals surface area contributed by atoms with Gasteiger partial charge >= 0.3 is 6.18 Å². The molecule has 0 amide bonds. The SMILES string of the molecule is CCN(CC)CCCN(CC)C(C)CNCC(F)(F)F. The molecule has 1 atom stereocenters. The minimum Gasteiger partial charge on any atom is -0.307 e. The van der Waals surface area contributed by atoms with Crippen LogP contribution in [-0.2, 0) is 0 Å². The number of hydrogen-bond donors (Lipinski definition) is 1. The van der Waals surface area contributed by atoms with Crippen molar-refractivity contribution in [3.05, 3.63) is 0 Å². The molecule has 0 fully saturated rings. The summed E-state index contributed by atoms with van der Waals surface area (Å²) in [6.07, 6.45) is -3.07. The van der Waals surface area contributed by atoms with Crippen LogP contribution < -0.4 is 5.32 Å². The summed E-state index contributed by atoms with van der Waals surface area (Å²) in [5.74, 6) is 0. The highest BCUT2D eigenvalue weighted by Gasteiger charge is 2.26. The summed E-state index contributed by atoms with van der Waals surface area (Å²) < 4.78 is 36.2. The molecule has 0 bridgehead atoms. The molecule has 3 nitrogen and oxygen atoms in total. The summed E-state index contributed by atoms with van der Waals surface area (Å²) in [4.78, 5) is 4.59. The second-order valence-electron chi connectivity index (χ2n) is 5.10. The van der Waals surface area contributed by atoms with Crippen molar-refractivity contribution in [3.8, 4) is 0 Å². The molecule has 0 rings (SSSR count). The first-order valence-corrected chi connectivity index (χ1v) is 7.57. The van der Waals surface area contributed by atoms with Crippen LogP contribution in [0.25, 0.3) is 0 Å². The molecule has 0 aliphatic heterocycles. The van der Waals surface area contributed by atoms with Crippen LogP contribution in [0.4, 0.5) is 13.2 Å². The van der Waals surface area contributed by atoms with Crippen LogP contribution in [0.3, 0.4) is 0 Å². The molecule has 1 N–H and O–H groups in total. The van der Waals surface area contributed by atoms with Gasteiger partial charge in [0.05, 0.1) is 6.54 Å². The van der Waals surface area contributed by atoms with Gasteiger partial charge in [0.2, 0.25) is 0 Å². The predicted molar refractivity (Wildman–Crippen MR) is 78.0 cm³/mol. The topological polar surface area (TPSA) is 18.5 Å². The number of nitrogens with zero attached hydrogens (tertiary/aromatic N) is 2. The standard InChI is InChI=1S/C14H30F3N3/c1-5-19(6-2)9-8-10-20(7-3)13(4)11-18-12-14(15,16)17/h13,18H,5-12H2,1-4H3. The van der Waals surface area contributed by atoms with Gasteiger partial charge in [-0.3, -0.25) is 4.90 Å². The molecule has 0 aromatic rings. The van der Waals surface area contributed by atoms with Gasteiger partial charge < -0.3 is 10.2 Å². The molecule has 0 aromatic heterocycles. The number of rotatable bonds is 11. The fourth-order valence-corrected chi connectivity index (χ4v) is 2.28. The number of hydrogen-bond acceptors (Lipinski definition) is 3. The maximum Gasteiger partial charge on any atom is 0.401 e. The quantitative estimate of drug-likeness (QED) is 0.632. The van der Waals surface area contributed by atoms with Gasteiger partial charge in [-0.05, 0) is 46.1 Å². The first-order valence-electron chi connectivity index (χ1n) is 7.57. The lowest BCUT2D eigenvalue weighted by Crippen LogP contribution is -2.43. The molecule has 122 valence electrons. The third-order valence-corrected chi connectivity index (χ3v) is 3.61. The Hall–Kier alpha value is -0.330. The summed E-state index contributed by atoms with van der Waals surface area (Å²) in [6.45, 7) is 12.7. The van der Waals surface area contributed by atoms with Crippen molar-refractivity contribution in [1.82, 2.24) is 15.1 Å². The Balaban J connectivity index is 3.93. The van der Waals surface area contributed by atoms with Crippen LogP contribution in [0.5, 0.6) is 0 Å². The average Bonchev–Trinajstić information content (AvgIpc) is 2.37. The lowest BCUT2D eigenvalue weighted by molar-refractivity contribution is -0.125. The van der Waals surface area contributed by atoms with Crippen LogP contribution in [0.1, 0.15) is 34.1 Å². The number of halogens is 3. The molecule has 0 saturated carbocycles. The second-order valence-corrected chi connectivity index (χ2v) is 5.10. The van der Waals surface area contributed by atoms with Gasteiger partial charge in [-0.2, -0.15) is 13.2 Å². The lowest BCUT2D eigenvalue weighted by Gasteiger charge is -2.29. The molecular weight excluding hydrogens is 267 g/mol. The summed E-state index contributed by atoms with van der Waals surface area (Å²) in [5.41, 5.74) is 0. The van der Waals surface area contributed by atoms with Crippen molar-refractivity contribution < 1.29 is 13.2 Å². The monoisotopic (exact) mass is 297 g/mol. The van der Waals surface area contributed by atoms with Crippen molar-refractivity contribution in [2.75, 3.05) is 45.8 Å². The number of nitrogens with one attached hydrogen (secondary N) is 1. The van der Waals surface area contributed by atoms with E-state index in [0.29, 0.717) is 6.54 Å². The average molecular weight is 297 g/mol. The van der Waals surface area contributed by atoms with Crippen molar-refractivity contribution in [1.29, 1.82) is 0 Å². The van der Waals surface area contributed by atoms with Crippen molar-refractivity contribution in [2.24, 2.45) is 0 Å². The van der Waals surface area contributed by atoms with E-state index in [0.717, 1.165) is 39.1 Å². The molecule has 0 aliphatic carbocycles. The molecule has 0 aliphatic rings. The molecule has 20 heavy (non-hydrogen) atoms. The van der Waals surface area contributed by atoms with Gasteiger partial charge in [-0.25, -0.2) is 0 Å². The fourth-order valence-electron chi connectivity index (χ4n) is 2.28. The van der Waals surface area contributed by atoms with Crippen LogP contribution >= 0.6 is 0 Å². The Kier molecular flexibility index (Phi) is 10.2. The third-order valence-electron chi connectivity index (χ3n) is 3.61. The second kappa shape index (κ2) is 10.4. The van der Waals surface area contributed by atoms with E-state index < -0.39 is 12.7 Å². The van der Waals surface area contributed by atoms with E-state index in [1.807, 2.05) is 6.92 Å². The molecule has 0 aromatic carbocycles. The molecule has 1 unspecified atom stereocenters. The predicted octanol–water partition coefficient (Wildman–Crippen LogP) is 2.58. The highest BCUT2D eigenvalue weighted by molar-refractivity contribution is 4.70. The van der Waals surface area contributed by atoms with Crippen molar-refractivity contribution >= 4 is 0 Å². The minimum atomic E-state index is -4.13. The van der Waals surface area contributed by atoms with E-state index in [1.54, 1.807) is 0 Å². The van der Waals surface area contributed by atoms with Crippen molar-refractivity contribution in [3.63, 3.8) is 0 Å². The van der Waals surface area contributed by atoms with Crippen molar-refractivity contribution in [2.45, 2.75) is 46.3 Å². The third kappa shape index (κ3) is 9.55. The Morgan fingerprint density at radius 3 is 2.05 bits per heavy atom. The van der Waals surface area contributed by atoms with Crippen LogP contribution in [0.2, 0.25) is 0 Å². The van der Waals surface area contributed by atoms with E-state index >= 15 is 0 Å². The Bertz CT molecular complexity index is 230. The van der Waals surface area contributed by atoms with Gasteiger partial charge in [-0.15, -0.1) is 0 Å². The maximum absolute atomic E-state index is 12.1. The zero-order valence-corrected chi connectivity index (χ0v) is 13.3. The zero-order chi connectivity index (χ0) is 15.6. The largest absolute Gasteiger partial charge is 0.401 e. The molecule has 0 radical (unpaired) electrons. The molecule has 0 spiro atoms. The number of alkyl halides is 3. The minimum absolute atomic E-state index is 0.124. The molecule has 6 heteroatoms. The van der Waals surface area contributed by atoms with Gasteiger partial charge in [0, 0.05) is 12.6 Å². The van der Waals surface area contributed by atoms with E-state index in [2.05, 4.69) is 35.9 Å². The molecule has 0 saturated heterocycles. The number of likely N-dealkylation sites (N-methyl/N-ethyl adjacent to an activating group) is 1. The summed E-state index contributed by atoms with van der Waals surface area (Å²) in [5, 5.41) is 2.48. The van der Waals surface area contributed by atoms with Gasteiger partial charge in [-0.1, -0.05) is 20.8 Å². The van der Waals surface area contributed by atoms with Crippen LogP contribution in [-0.4, -0.2) is 67.8 Å².